The summed E-state index contributed by atoms with van der Waals surface area (Å²) in [5.41, 5.74) is 29.5. The van der Waals surface area contributed by atoms with E-state index in [2.05, 4.69) is 234 Å². The normalized spacial score (nSPS) is 20.8. The summed E-state index contributed by atoms with van der Waals surface area (Å²) in [5.74, 6) is 0.973. The predicted molar refractivity (Wildman–Crippen MR) is 294 cm³/mol. The lowest BCUT2D eigenvalue weighted by molar-refractivity contribution is 0.511. The first kappa shape index (κ1) is 41.6. The quantitative estimate of drug-likeness (QED) is 0.175. The Bertz CT molecular complexity index is 3730. The fraction of sp³-hybridized carbons (Fsp3) is 0.303. The summed E-state index contributed by atoms with van der Waals surface area (Å²) in [4.78, 5) is 0. The van der Waals surface area contributed by atoms with Crippen molar-refractivity contribution >= 4 is 45.7 Å². The molecule has 1 saturated carbocycles. The van der Waals surface area contributed by atoms with E-state index >= 15 is 0 Å². The van der Waals surface area contributed by atoms with Crippen LogP contribution < -0.4 is 16.2 Å². The van der Waals surface area contributed by atoms with Crippen molar-refractivity contribution in [2.45, 2.75) is 111 Å². The third kappa shape index (κ3) is 5.46. The predicted octanol–water partition coefficient (Wildman–Crippen LogP) is 15.2. The van der Waals surface area contributed by atoms with Crippen LogP contribution in [0.1, 0.15) is 122 Å². The second-order valence-electron chi connectivity index (χ2n) is 25.3. The van der Waals surface area contributed by atoms with Crippen LogP contribution >= 0.6 is 0 Å². The molecular formula is C66H62BN2. The Morgan fingerprint density at radius 1 is 0.507 bits per heavy atom. The van der Waals surface area contributed by atoms with E-state index in [4.69, 9.17) is 0 Å². The Morgan fingerprint density at radius 3 is 1.80 bits per heavy atom. The number of aromatic nitrogens is 1. The van der Waals surface area contributed by atoms with E-state index in [0.29, 0.717) is 17.9 Å². The molecule has 0 saturated heterocycles. The second kappa shape index (κ2) is 13.1. The molecule has 3 heteroatoms. The van der Waals surface area contributed by atoms with Gasteiger partial charge in [-0.15, -0.1) is 0 Å². The third-order valence-corrected chi connectivity index (χ3v) is 18.1. The van der Waals surface area contributed by atoms with Gasteiger partial charge in [-0.25, -0.2) is 0 Å². The van der Waals surface area contributed by atoms with Gasteiger partial charge in [0.1, 0.15) is 0 Å². The second-order valence-corrected chi connectivity index (χ2v) is 25.3. The minimum atomic E-state index is -0.140. The van der Waals surface area contributed by atoms with E-state index in [-0.39, 0.29) is 27.1 Å². The van der Waals surface area contributed by atoms with Gasteiger partial charge in [0.2, 0.25) is 0 Å². The molecule has 0 amide bonds. The number of nitrogens with zero attached hydrogens (tertiary/aromatic N) is 1. The molecule has 339 valence electrons. The Balaban J connectivity index is 1.05. The Morgan fingerprint density at radius 2 is 1.12 bits per heavy atom. The van der Waals surface area contributed by atoms with Gasteiger partial charge in [0.25, 0.3) is 0 Å². The highest BCUT2D eigenvalue weighted by Crippen LogP contribution is 2.57. The molecule has 0 bridgehead atoms. The molecule has 69 heavy (non-hydrogen) atoms. The molecule has 7 aromatic carbocycles. The van der Waals surface area contributed by atoms with Gasteiger partial charge in [0.05, 0.1) is 5.52 Å². The van der Waals surface area contributed by atoms with Gasteiger partial charge < -0.3 is 9.88 Å². The summed E-state index contributed by atoms with van der Waals surface area (Å²) in [7, 11) is 2.55. The van der Waals surface area contributed by atoms with Crippen molar-refractivity contribution in [2.75, 3.05) is 5.32 Å². The molecule has 6 aliphatic rings. The minimum absolute atomic E-state index is 0.0415. The maximum atomic E-state index is 4.29. The summed E-state index contributed by atoms with van der Waals surface area (Å²) in [6.07, 6.45) is 7.45. The van der Waals surface area contributed by atoms with Crippen LogP contribution in [0, 0.1) is 17.3 Å². The molecule has 1 fully saturated rings. The van der Waals surface area contributed by atoms with Crippen molar-refractivity contribution in [3.63, 3.8) is 0 Å². The van der Waals surface area contributed by atoms with Crippen LogP contribution in [0.3, 0.4) is 0 Å². The van der Waals surface area contributed by atoms with Crippen LogP contribution in [0.5, 0.6) is 0 Å². The number of benzene rings is 7. The van der Waals surface area contributed by atoms with Crippen molar-refractivity contribution in [1.82, 2.24) is 4.57 Å². The van der Waals surface area contributed by atoms with Gasteiger partial charge in [-0.05, 0) is 130 Å². The fourth-order valence-corrected chi connectivity index (χ4v) is 13.9. The molecule has 1 N–H and O–H groups in total. The molecule has 2 nitrogen and oxygen atoms in total. The van der Waals surface area contributed by atoms with Gasteiger partial charge in [-0.1, -0.05) is 192 Å². The van der Waals surface area contributed by atoms with Gasteiger partial charge in [-0.2, -0.15) is 0 Å². The lowest BCUT2D eigenvalue weighted by Gasteiger charge is -2.28. The molecule has 3 unspecified atom stereocenters. The third-order valence-electron chi connectivity index (χ3n) is 18.1. The highest BCUT2D eigenvalue weighted by atomic mass is 15.0. The first-order valence-corrected chi connectivity index (χ1v) is 25.6. The zero-order valence-corrected chi connectivity index (χ0v) is 42.5. The number of nitrogens with one attached hydrogen (secondary N) is 1. The SMILES string of the molecule is CC(C)(C)C1=CC2C(C=C1)C2Nc1cc2c(cc1-c1ccc3c4cc5c(cc4n4c3c1[B]c1cc3c(cc1-4)C(C)(C)c1ccccc1-3)-c1ccccc1C5(C)C)-c1cc(C(C)(C)C)ccc1C2(C)C. The molecular weight excluding hydrogens is 832 g/mol. The zero-order valence-electron chi connectivity index (χ0n) is 42.5. The van der Waals surface area contributed by atoms with Gasteiger partial charge >= 0.3 is 0 Å². The summed E-state index contributed by atoms with van der Waals surface area (Å²) < 4.78 is 2.67. The van der Waals surface area contributed by atoms with Gasteiger partial charge in [0, 0.05) is 67.3 Å². The summed E-state index contributed by atoms with van der Waals surface area (Å²) in [6.45, 7) is 28.6. The molecule has 14 rings (SSSR count). The molecule has 5 aliphatic carbocycles. The van der Waals surface area contributed by atoms with Crippen LogP contribution in [-0.4, -0.2) is 17.9 Å². The van der Waals surface area contributed by atoms with Crippen molar-refractivity contribution in [3.05, 3.63) is 178 Å². The van der Waals surface area contributed by atoms with Crippen LogP contribution in [0.4, 0.5) is 5.69 Å². The van der Waals surface area contributed by atoms with Crippen LogP contribution in [0.15, 0.2) is 139 Å². The number of fused-ring (bicyclic) bond motifs is 15. The molecule has 8 aromatic rings. The minimum Gasteiger partial charge on any atom is -0.381 e. The summed E-state index contributed by atoms with van der Waals surface area (Å²) in [5, 5.41) is 6.94. The van der Waals surface area contributed by atoms with Gasteiger partial charge in [0.15, 0.2) is 7.28 Å². The van der Waals surface area contributed by atoms with Crippen molar-refractivity contribution in [2.24, 2.45) is 17.3 Å². The highest BCUT2D eigenvalue weighted by molar-refractivity contribution is 6.73. The smallest absolute Gasteiger partial charge is 0.197 e. The van der Waals surface area contributed by atoms with E-state index in [1.165, 1.54) is 133 Å². The van der Waals surface area contributed by atoms with Crippen molar-refractivity contribution in [3.8, 4) is 50.2 Å². The molecule has 1 radical (unpaired) electrons. The van der Waals surface area contributed by atoms with Crippen molar-refractivity contribution in [1.29, 1.82) is 0 Å². The maximum Gasteiger partial charge on any atom is 0.197 e. The number of hydrogen-bond acceptors (Lipinski definition) is 1. The van der Waals surface area contributed by atoms with E-state index in [1.54, 1.807) is 0 Å². The van der Waals surface area contributed by atoms with E-state index in [1.807, 2.05) is 0 Å². The van der Waals surface area contributed by atoms with Crippen LogP contribution in [-0.2, 0) is 21.7 Å². The average Bonchev–Trinajstić information content (AvgIpc) is 3.61. The van der Waals surface area contributed by atoms with Crippen molar-refractivity contribution < 1.29 is 0 Å². The van der Waals surface area contributed by atoms with Gasteiger partial charge in [-0.3, -0.25) is 0 Å². The number of anilines is 1. The lowest BCUT2D eigenvalue weighted by atomic mass is 9.58. The number of hydrogen-bond donors (Lipinski definition) is 1. The summed E-state index contributed by atoms with van der Waals surface area (Å²) in [6, 6.07) is 46.1. The van der Waals surface area contributed by atoms with Crippen LogP contribution in [0.25, 0.3) is 72.0 Å². The molecule has 2 heterocycles. The largest absolute Gasteiger partial charge is 0.381 e. The zero-order chi connectivity index (χ0) is 47.6. The summed E-state index contributed by atoms with van der Waals surface area (Å²) >= 11 is 0. The first-order chi connectivity index (χ1) is 32.7. The molecule has 0 spiro atoms. The maximum absolute atomic E-state index is 4.29. The van der Waals surface area contributed by atoms with E-state index < -0.39 is 0 Å². The first-order valence-electron chi connectivity index (χ1n) is 25.6. The van der Waals surface area contributed by atoms with E-state index in [0.717, 1.165) is 0 Å². The van der Waals surface area contributed by atoms with E-state index in [9.17, 15) is 0 Å². The molecule has 3 atom stereocenters. The highest BCUT2D eigenvalue weighted by Gasteiger charge is 2.50. The number of allylic oxidation sites excluding steroid dienone is 2. The Kier molecular flexibility index (Phi) is 7.91. The topological polar surface area (TPSA) is 17.0 Å². The Labute approximate surface area is 409 Å². The Hall–Kier alpha value is -6.32. The standard InChI is InChI=1S/C66H62BN2/c1-62(2,3)35-21-23-40-48(28-35)60(40)68-56-33-53-43(42-27-36(63(4,5)6)22-26-51(42)66(53,11)12)29-46(56)39-24-25-41-47-30-52-45(38-18-14-16-20-50(38)64(52,7)8)32-57(47)69-58-34-54-44(31-55(58)67-59(39)61(41)69)37-17-13-15-19-49(37)65(54,9)10/h13-34,40,48,60,68H,1-12H3. The number of rotatable bonds is 3. The average molecular weight is 894 g/mol. The fourth-order valence-electron chi connectivity index (χ4n) is 13.9. The molecule has 1 aromatic heterocycles. The van der Waals surface area contributed by atoms with Crippen LogP contribution in [0.2, 0.25) is 0 Å². The monoisotopic (exact) mass is 894 g/mol. The lowest BCUT2D eigenvalue weighted by Crippen LogP contribution is -2.38. The molecule has 1 aliphatic heterocycles.